The number of aliphatic hydroxyl groups is 1. The van der Waals surface area contributed by atoms with E-state index in [9.17, 15) is 5.11 Å². The molecule has 0 aromatic carbocycles. The van der Waals surface area contributed by atoms with Crippen LogP contribution in [0.5, 0.6) is 0 Å². The molecule has 0 aromatic heterocycles. The molecule has 1 nitrogen and oxygen atoms in total. The minimum absolute atomic E-state index is 0.243. The molecule has 0 bridgehead atoms. The lowest BCUT2D eigenvalue weighted by atomic mass is 9.71. The second-order valence-corrected chi connectivity index (χ2v) is 5.04. The molecule has 0 radical (unpaired) electrons. The summed E-state index contributed by atoms with van der Waals surface area (Å²) in [6, 6.07) is 0. The van der Waals surface area contributed by atoms with Crippen LogP contribution in [0.25, 0.3) is 0 Å². The molecule has 1 atom stereocenters. The molecule has 0 saturated heterocycles. The molecule has 0 aromatic rings. The van der Waals surface area contributed by atoms with Gasteiger partial charge in [0.05, 0.1) is 6.10 Å². The highest BCUT2D eigenvalue weighted by molar-refractivity contribution is 5.35. The topological polar surface area (TPSA) is 20.2 Å². The average molecular weight is 194 g/mol. The SMILES string of the molecule is C=C1CCCC(C)(C)/C1=C/CC(C)O. The first kappa shape index (κ1) is 11.5. The van der Waals surface area contributed by atoms with E-state index in [2.05, 4.69) is 26.5 Å². The summed E-state index contributed by atoms with van der Waals surface area (Å²) < 4.78 is 0. The van der Waals surface area contributed by atoms with E-state index in [1.165, 1.54) is 24.0 Å². The lowest BCUT2D eigenvalue weighted by molar-refractivity contribution is 0.197. The van der Waals surface area contributed by atoms with Gasteiger partial charge in [-0.1, -0.05) is 32.1 Å². The van der Waals surface area contributed by atoms with Crippen LogP contribution in [0.3, 0.4) is 0 Å². The Morgan fingerprint density at radius 2 is 2.21 bits per heavy atom. The Hall–Kier alpha value is -0.560. The average Bonchev–Trinajstić information content (AvgIpc) is 2.01. The third-order valence-electron chi connectivity index (χ3n) is 3.05. The van der Waals surface area contributed by atoms with Crippen LogP contribution >= 0.6 is 0 Å². The zero-order valence-electron chi connectivity index (χ0n) is 9.64. The van der Waals surface area contributed by atoms with Crippen molar-refractivity contribution in [1.82, 2.24) is 0 Å². The monoisotopic (exact) mass is 194 g/mol. The van der Waals surface area contributed by atoms with Gasteiger partial charge in [-0.3, -0.25) is 0 Å². The second-order valence-electron chi connectivity index (χ2n) is 5.04. The van der Waals surface area contributed by atoms with E-state index >= 15 is 0 Å². The Bertz CT molecular complexity index is 246. The minimum atomic E-state index is -0.243. The Kier molecular flexibility index (Phi) is 3.54. The molecule has 80 valence electrons. The Balaban J connectivity index is 2.80. The van der Waals surface area contributed by atoms with Gasteiger partial charge < -0.3 is 5.11 Å². The van der Waals surface area contributed by atoms with Gasteiger partial charge in [-0.25, -0.2) is 0 Å². The number of allylic oxidation sites excluding steroid dienone is 2. The first-order valence-electron chi connectivity index (χ1n) is 5.50. The van der Waals surface area contributed by atoms with Crippen molar-refractivity contribution in [3.05, 3.63) is 23.8 Å². The van der Waals surface area contributed by atoms with E-state index in [1.54, 1.807) is 0 Å². The van der Waals surface area contributed by atoms with E-state index in [1.807, 2.05) is 6.92 Å². The quantitative estimate of drug-likeness (QED) is 0.714. The molecule has 1 heteroatoms. The predicted octanol–water partition coefficient (Wildman–Crippen LogP) is 3.45. The molecule has 1 aliphatic carbocycles. The molecule has 1 rings (SSSR count). The van der Waals surface area contributed by atoms with Crippen molar-refractivity contribution < 1.29 is 5.11 Å². The molecule has 0 spiro atoms. The van der Waals surface area contributed by atoms with E-state index in [0.29, 0.717) is 0 Å². The lowest BCUT2D eigenvalue weighted by Gasteiger charge is -2.34. The van der Waals surface area contributed by atoms with E-state index in [0.717, 1.165) is 12.8 Å². The van der Waals surface area contributed by atoms with Crippen LogP contribution in [0, 0.1) is 5.41 Å². The predicted molar refractivity (Wildman–Crippen MR) is 61.2 cm³/mol. The molecule has 14 heavy (non-hydrogen) atoms. The van der Waals surface area contributed by atoms with Crippen molar-refractivity contribution in [2.24, 2.45) is 5.41 Å². The summed E-state index contributed by atoms with van der Waals surface area (Å²) in [6.07, 6.45) is 6.28. The summed E-state index contributed by atoms with van der Waals surface area (Å²) in [6.45, 7) is 10.5. The van der Waals surface area contributed by atoms with Gasteiger partial charge in [0.1, 0.15) is 0 Å². The number of aliphatic hydroxyl groups excluding tert-OH is 1. The molecular formula is C13H22O. The van der Waals surface area contributed by atoms with Crippen molar-refractivity contribution in [1.29, 1.82) is 0 Å². The van der Waals surface area contributed by atoms with Crippen LogP contribution in [0.4, 0.5) is 0 Å². The fourth-order valence-corrected chi connectivity index (χ4v) is 2.20. The van der Waals surface area contributed by atoms with Gasteiger partial charge in [-0.2, -0.15) is 0 Å². The molecule has 0 heterocycles. The molecule has 0 aliphatic heterocycles. The maximum absolute atomic E-state index is 9.27. The Morgan fingerprint density at radius 3 is 2.71 bits per heavy atom. The van der Waals surface area contributed by atoms with E-state index < -0.39 is 0 Å². The zero-order chi connectivity index (χ0) is 10.8. The maximum atomic E-state index is 9.27. The highest BCUT2D eigenvalue weighted by Gasteiger charge is 2.28. The van der Waals surface area contributed by atoms with Crippen LogP contribution in [0.2, 0.25) is 0 Å². The van der Waals surface area contributed by atoms with Crippen LogP contribution in [-0.2, 0) is 0 Å². The standard InChI is InChI=1S/C13H22O/c1-10-6-5-9-13(3,4)12(10)8-7-11(2)14/h8,11,14H,1,5-7,9H2,2-4H3/b12-8+. The van der Waals surface area contributed by atoms with Gasteiger partial charge in [0, 0.05) is 0 Å². The summed E-state index contributed by atoms with van der Waals surface area (Å²) in [5.41, 5.74) is 2.89. The maximum Gasteiger partial charge on any atom is 0.0546 e. The normalized spacial score (nSPS) is 26.6. The molecule has 1 aliphatic rings. The van der Waals surface area contributed by atoms with Crippen LogP contribution in [-0.4, -0.2) is 11.2 Å². The van der Waals surface area contributed by atoms with Gasteiger partial charge in [0.25, 0.3) is 0 Å². The van der Waals surface area contributed by atoms with Gasteiger partial charge in [-0.05, 0) is 43.6 Å². The molecule has 1 fully saturated rings. The van der Waals surface area contributed by atoms with Crippen molar-refractivity contribution >= 4 is 0 Å². The Morgan fingerprint density at radius 1 is 1.57 bits per heavy atom. The van der Waals surface area contributed by atoms with Crippen molar-refractivity contribution in [2.75, 3.05) is 0 Å². The number of hydrogen-bond acceptors (Lipinski definition) is 1. The third kappa shape index (κ3) is 2.71. The number of hydrogen-bond donors (Lipinski definition) is 1. The fourth-order valence-electron chi connectivity index (χ4n) is 2.20. The van der Waals surface area contributed by atoms with E-state index in [4.69, 9.17) is 0 Å². The van der Waals surface area contributed by atoms with Gasteiger partial charge in [-0.15, -0.1) is 0 Å². The second kappa shape index (κ2) is 4.31. The first-order valence-corrected chi connectivity index (χ1v) is 5.50. The number of rotatable bonds is 2. The largest absolute Gasteiger partial charge is 0.393 e. The van der Waals surface area contributed by atoms with Crippen LogP contribution in [0.1, 0.15) is 46.5 Å². The highest BCUT2D eigenvalue weighted by Crippen LogP contribution is 2.42. The zero-order valence-corrected chi connectivity index (χ0v) is 9.64. The first-order chi connectivity index (χ1) is 6.43. The lowest BCUT2D eigenvalue weighted by Crippen LogP contribution is -2.21. The van der Waals surface area contributed by atoms with Gasteiger partial charge >= 0.3 is 0 Å². The molecule has 1 saturated carbocycles. The minimum Gasteiger partial charge on any atom is -0.393 e. The molecule has 1 N–H and O–H groups in total. The summed E-state index contributed by atoms with van der Waals surface area (Å²) in [4.78, 5) is 0. The summed E-state index contributed by atoms with van der Waals surface area (Å²) in [5, 5.41) is 9.27. The van der Waals surface area contributed by atoms with Crippen LogP contribution < -0.4 is 0 Å². The third-order valence-corrected chi connectivity index (χ3v) is 3.05. The smallest absolute Gasteiger partial charge is 0.0546 e. The summed E-state index contributed by atoms with van der Waals surface area (Å²) >= 11 is 0. The summed E-state index contributed by atoms with van der Waals surface area (Å²) in [7, 11) is 0. The van der Waals surface area contributed by atoms with Crippen molar-refractivity contribution in [3.63, 3.8) is 0 Å². The highest BCUT2D eigenvalue weighted by atomic mass is 16.3. The fraction of sp³-hybridized carbons (Fsp3) is 0.692. The van der Waals surface area contributed by atoms with Crippen molar-refractivity contribution in [3.8, 4) is 0 Å². The molecule has 1 unspecified atom stereocenters. The van der Waals surface area contributed by atoms with Gasteiger partial charge in [0.15, 0.2) is 0 Å². The molecular weight excluding hydrogens is 172 g/mol. The van der Waals surface area contributed by atoms with Crippen molar-refractivity contribution in [2.45, 2.75) is 52.6 Å². The van der Waals surface area contributed by atoms with E-state index in [-0.39, 0.29) is 11.5 Å². The molecule has 0 amide bonds. The summed E-state index contributed by atoms with van der Waals surface area (Å²) in [5.74, 6) is 0. The Labute approximate surface area is 87.5 Å². The van der Waals surface area contributed by atoms with Crippen LogP contribution in [0.15, 0.2) is 23.8 Å². The van der Waals surface area contributed by atoms with Gasteiger partial charge in [0.2, 0.25) is 0 Å².